The van der Waals surface area contributed by atoms with Gasteiger partial charge in [0.05, 0.1) is 5.69 Å². The molecule has 3 nitrogen and oxygen atoms in total. The minimum absolute atomic E-state index is 0.0595. The average Bonchev–Trinajstić information content (AvgIpc) is 3.08. The zero-order valence-corrected chi connectivity index (χ0v) is 16.6. The first-order valence-corrected chi connectivity index (χ1v) is 9.99. The van der Waals surface area contributed by atoms with Crippen molar-refractivity contribution in [3.63, 3.8) is 0 Å². The van der Waals surface area contributed by atoms with Crippen LogP contribution in [0, 0.1) is 0 Å². The van der Waals surface area contributed by atoms with Crippen molar-refractivity contribution in [1.29, 1.82) is 0 Å². The van der Waals surface area contributed by atoms with Gasteiger partial charge < -0.3 is 9.83 Å². The van der Waals surface area contributed by atoms with E-state index < -0.39 is 5.97 Å². The zero-order chi connectivity index (χ0) is 18.7. The standard InChI is InChI=1S/C21H21NO2S2/c1-21(2,3)15-9-10-18(16(13-15)14-7-5-4-6-8-14)26-22-17-11-12-25-19(17)20(23)24/h4-13,22H,1-3H3,(H,23,24). The molecular formula is C21H21NO2S2. The van der Waals surface area contributed by atoms with Gasteiger partial charge in [-0.15, -0.1) is 11.3 Å². The minimum atomic E-state index is -0.908. The number of carboxylic acids is 1. The topological polar surface area (TPSA) is 49.3 Å². The van der Waals surface area contributed by atoms with Crippen molar-refractivity contribution >= 4 is 34.9 Å². The molecule has 3 rings (SSSR count). The Morgan fingerprint density at radius 3 is 2.46 bits per heavy atom. The number of carboxylic acid groups (broad SMARTS) is 1. The van der Waals surface area contributed by atoms with Crippen molar-refractivity contribution in [2.75, 3.05) is 4.72 Å². The van der Waals surface area contributed by atoms with E-state index in [4.69, 9.17) is 0 Å². The quantitative estimate of drug-likeness (QED) is 0.492. The number of benzene rings is 2. The highest BCUT2D eigenvalue weighted by Crippen LogP contribution is 2.37. The highest BCUT2D eigenvalue weighted by Gasteiger charge is 2.17. The summed E-state index contributed by atoms with van der Waals surface area (Å²) in [5, 5.41) is 11.1. The predicted molar refractivity (Wildman–Crippen MR) is 111 cm³/mol. The molecule has 0 aliphatic carbocycles. The molecule has 5 heteroatoms. The van der Waals surface area contributed by atoms with Crippen LogP contribution in [0.4, 0.5) is 5.69 Å². The third-order valence-corrected chi connectivity index (χ3v) is 5.86. The second kappa shape index (κ2) is 7.56. The Morgan fingerprint density at radius 2 is 1.81 bits per heavy atom. The second-order valence-electron chi connectivity index (χ2n) is 7.00. The van der Waals surface area contributed by atoms with Crippen LogP contribution in [0.15, 0.2) is 64.9 Å². The third kappa shape index (κ3) is 4.11. The summed E-state index contributed by atoms with van der Waals surface area (Å²) in [5.41, 5.74) is 4.24. The van der Waals surface area contributed by atoms with E-state index >= 15 is 0 Å². The van der Waals surface area contributed by atoms with E-state index in [9.17, 15) is 9.90 Å². The molecule has 0 bridgehead atoms. The van der Waals surface area contributed by atoms with Crippen LogP contribution in [0.25, 0.3) is 11.1 Å². The van der Waals surface area contributed by atoms with Crippen molar-refractivity contribution in [2.24, 2.45) is 0 Å². The van der Waals surface area contributed by atoms with Crippen molar-refractivity contribution in [1.82, 2.24) is 0 Å². The Balaban J connectivity index is 1.96. The molecule has 0 fully saturated rings. The summed E-state index contributed by atoms with van der Waals surface area (Å²) in [5.74, 6) is -0.908. The average molecular weight is 384 g/mol. The van der Waals surface area contributed by atoms with Crippen LogP contribution in [0.5, 0.6) is 0 Å². The number of carbonyl (C=O) groups is 1. The molecule has 0 atom stereocenters. The lowest BCUT2D eigenvalue weighted by molar-refractivity contribution is 0.0703. The van der Waals surface area contributed by atoms with Crippen molar-refractivity contribution in [2.45, 2.75) is 31.1 Å². The monoisotopic (exact) mass is 383 g/mol. The van der Waals surface area contributed by atoms with E-state index in [1.165, 1.54) is 28.8 Å². The molecule has 0 spiro atoms. The van der Waals surface area contributed by atoms with Crippen LogP contribution < -0.4 is 4.72 Å². The number of hydrogen-bond donors (Lipinski definition) is 2. The second-order valence-corrected chi connectivity index (χ2v) is 8.76. The highest BCUT2D eigenvalue weighted by molar-refractivity contribution is 8.00. The molecule has 134 valence electrons. The fourth-order valence-electron chi connectivity index (χ4n) is 2.59. The molecule has 0 aliphatic heterocycles. The number of hydrogen-bond acceptors (Lipinski definition) is 4. The van der Waals surface area contributed by atoms with Gasteiger partial charge in [0.15, 0.2) is 0 Å². The zero-order valence-electron chi connectivity index (χ0n) is 14.9. The Kier molecular flexibility index (Phi) is 5.39. The fraction of sp³-hybridized carbons (Fsp3) is 0.190. The first kappa shape index (κ1) is 18.5. The molecule has 1 aromatic heterocycles. The van der Waals surface area contributed by atoms with Crippen molar-refractivity contribution < 1.29 is 9.90 Å². The summed E-state index contributed by atoms with van der Waals surface area (Å²) in [6.45, 7) is 6.60. The summed E-state index contributed by atoms with van der Waals surface area (Å²) >= 11 is 2.67. The van der Waals surface area contributed by atoms with Crippen LogP contribution >= 0.6 is 23.3 Å². The third-order valence-electron chi connectivity index (χ3n) is 4.06. The Bertz CT molecular complexity index is 911. The summed E-state index contributed by atoms with van der Waals surface area (Å²) < 4.78 is 3.21. The molecule has 26 heavy (non-hydrogen) atoms. The van der Waals surface area contributed by atoms with E-state index in [1.54, 1.807) is 11.4 Å². The molecule has 0 saturated carbocycles. The molecule has 0 amide bonds. The van der Waals surface area contributed by atoms with E-state index in [2.05, 4.69) is 55.8 Å². The van der Waals surface area contributed by atoms with Crippen LogP contribution in [0.2, 0.25) is 0 Å². The van der Waals surface area contributed by atoms with Gasteiger partial charge in [0.1, 0.15) is 4.88 Å². The van der Waals surface area contributed by atoms with Gasteiger partial charge in [-0.1, -0.05) is 57.2 Å². The molecule has 0 saturated heterocycles. The van der Waals surface area contributed by atoms with Crippen LogP contribution in [-0.4, -0.2) is 11.1 Å². The van der Waals surface area contributed by atoms with Gasteiger partial charge in [-0.05, 0) is 57.6 Å². The van der Waals surface area contributed by atoms with E-state index in [0.717, 1.165) is 16.0 Å². The number of anilines is 1. The summed E-state index contributed by atoms with van der Waals surface area (Å²) in [7, 11) is 0. The maximum Gasteiger partial charge on any atom is 0.348 e. The van der Waals surface area contributed by atoms with Crippen molar-refractivity contribution in [3.05, 3.63) is 70.4 Å². The van der Waals surface area contributed by atoms with Crippen LogP contribution in [0.1, 0.15) is 36.0 Å². The van der Waals surface area contributed by atoms with Gasteiger partial charge >= 0.3 is 5.97 Å². The molecule has 3 aromatic rings. The lowest BCUT2D eigenvalue weighted by Crippen LogP contribution is -2.11. The Labute approximate surface area is 162 Å². The maximum absolute atomic E-state index is 11.3. The number of aromatic carboxylic acids is 1. The molecule has 0 aliphatic rings. The van der Waals surface area contributed by atoms with Crippen LogP contribution in [-0.2, 0) is 5.41 Å². The first-order chi connectivity index (χ1) is 12.4. The fourth-order valence-corrected chi connectivity index (χ4v) is 4.16. The summed E-state index contributed by atoms with van der Waals surface area (Å²) in [6, 6.07) is 18.5. The summed E-state index contributed by atoms with van der Waals surface area (Å²) in [6.07, 6.45) is 0. The lowest BCUT2D eigenvalue weighted by Gasteiger charge is -2.21. The van der Waals surface area contributed by atoms with Gasteiger partial charge in [0.25, 0.3) is 0 Å². The van der Waals surface area contributed by atoms with Gasteiger partial charge in [-0.25, -0.2) is 4.79 Å². The number of thiophene rings is 1. The summed E-state index contributed by atoms with van der Waals surface area (Å²) in [4.78, 5) is 12.7. The normalized spacial score (nSPS) is 11.3. The van der Waals surface area contributed by atoms with Gasteiger partial charge in [-0.3, -0.25) is 0 Å². The van der Waals surface area contributed by atoms with Crippen molar-refractivity contribution in [3.8, 4) is 11.1 Å². The molecule has 0 radical (unpaired) electrons. The molecule has 2 aromatic carbocycles. The van der Waals surface area contributed by atoms with Gasteiger partial charge in [-0.2, -0.15) is 0 Å². The first-order valence-electron chi connectivity index (χ1n) is 8.30. The molecule has 0 unspecified atom stereocenters. The van der Waals surface area contributed by atoms with Gasteiger partial charge in [0.2, 0.25) is 0 Å². The van der Waals surface area contributed by atoms with Crippen LogP contribution in [0.3, 0.4) is 0 Å². The predicted octanol–water partition coefficient (Wildman–Crippen LogP) is 6.53. The minimum Gasteiger partial charge on any atom is -0.477 e. The molecule has 1 heterocycles. The molecule has 2 N–H and O–H groups in total. The maximum atomic E-state index is 11.3. The van der Waals surface area contributed by atoms with E-state index in [1.807, 2.05) is 18.2 Å². The number of rotatable bonds is 5. The van der Waals surface area contributed by atoms with Gasteiger partial charge in [0, 0.05) is 4.90 Å². The Morgan fingerprint density at radius 1 is 1.08 bits per heavy atom. The Hall–Kier alpha value is -2.24. The number of nitrogens with one attached hydrogen (secondary N) is 1. The lowest BCUT2D eigenvalue weighted by atomic mass is 9.85. The largest absolute Gasteiger partial charge is 0.477 e. The van der Waals surface area contributed by atoms with E-state index in [0.29, 0.717) is 10.6 Å². The SMILES string of the molecule is CC(C)(C)c1ccc(SNc2ccsc2C(=O)O)c(-c2ccccc2)c1. The molecular weight excluding hydrogens is 362 g/mol. The smallest absolute Gasteiger partial charge is 0.348 e. The van der Waals surface area contributed by atoms with E-state index in [-0.39, 0.29) is 5.41 Å². The highest BCUT2D eigenvalue weighted by atomic mass is 32.2.